The van der Waals surface area contributed by atoms with Crippen LogP contribution in [0.25, 0.3) is 11.0 Å². The average molecular weight is 429 g/mol. The van der Waals surface area contributed by atoms with Gasteiger partial charge in [-0.2, -0.15) is 0 Å². The van der Waals surface area contributed by atoms with Gasteiger partial charge >= 0.3 is 0 Å². The van der Waals surface area contributed by atoms with E-state index in [1.54, 1.807) is 0 Å². The topological polar surface area (TPSA) is 36.7 Å². The van der Waals surface area contributed by atoms with Crippen molar-refractivity contribution in [3.05, 3.63) is 107 Å². The van der Waals surface area contributed by atoms with E-state index < -0.39 is 0 Å². The zero-order valence-corrected chi connectivity index (χ0v) is 18.0. The molecule has 32 heavy (non-hydrogen) atoms. The number of furan rings is 1. The van der Waals surface area contributed by atoms with Crippen LogP contribution in [-0.4, -0.2) is 41.9 Å². The Hall–Kier alpha value is -3.44. The summed E-state index contributed by atoms with van der Waals surface area (Å²) in [5, 5.41) is 0.981. The number of halogens is 1. The molecule has 2 heterocycles. The van der Waals surface area contributed by atoms with E-state index in [1.807, 2.05) is 66.4 Å². The molecule has 0 radical (unpaired) electrons. The van der Waals surface area contributed by atoms with E-state index in [0.717, 1.165) is 40.7 Å². The molecule has 4 nitrogen and oxygen atoms in total. The Labute approximate surface area is 186 Å². The molecule has 0 bridgehead atoms. The summed E-state index contributed by atoms with van der Waals surface area (Å²) in [6, 6.07) is 24.7. The highest BCUT2D eigenvalue weighted by Crippen LogP contribution is 2.31. The van der Waals surface area contributed by atoms with Crippen molar-refractivity contribution >= 4 is 16.9 Å². The molecule has 0 N–H and O–H groups in total. The lowest BCUT2D eigenvalue weighted by Gasteiger charge is -2.39. The molecular weight excluding hydrogens is 403 g/mol. The van der Waals surface area contributed by atoms with Gasteiger partial charge in [-0.1, -0.05) is 60.7 Å². The molecule has 3 aromatic carbocycles. The SMILES string of the molecule is Cc1c(C(=O)N2CCN([C@@H](c3ccccc3)c3ccc(F)cc3)CC2)oc2ccccc12. The van der Waals surface area contributed by atoms with Crippen molar-refractivity contribution in [2.75, 3.05) is 26.2 Å². The first-order valence-corrected chi connectivity index (χ1v) is 10.9. The molecule has 1 aliphatic rings. The van der Waals surface area contributed by atoms with Crippen LogP contribution >= 0.6 is 0 Å². The number of rotatable bonds is 4. The Morgan fingerprint density at radius 1 is 0.844 bits per heavy atom. The van der Waals surface area contributed by atoms with Crippen LogP contribution in [0.4, 0.5) is 4.39 Å². The molecule has 1 aliphatic heterocycles. The van der Waals surface area contributed by atoms with Gasteiger partial charge in [0.05, 0.1) is 6.04 Å². The van der Waals surface area contributed by atoms with Crippen molar-refractivity contribution < 1.29 is 13.6 Å². The number of hydrogen-bond acceptors (Lipinski definition) is 3. The van der Waals surface area contributed by atoms with Crippen LogP contribution in [0.1, 0.15) is 33.3 Å². The van der Waals surface area contributed by atoms with Crippen LogP contribution in [0, 0.1) is 12.7 Å². The van der Waals surface area contributed by atoms with E-state index >= 15 is 0 Å². The second kappa shape index (κ2) is 8.60. The van der Waals surface area contributed by atoms with Crippen molar-refractivity contribution in [3.8, 4) is 0 Å². The number of fused-ring (bicyclic) bond motifs is 1. The Balaban J connectivity index is 1.36. The number of piperazine rings is 1. The Morgan fingerprint density at radius 2 is 1.47 bits per heavy atom. The second-order valence-electron chi connectivity index (χ2n) is 8.25. The van der Waals surface area contributed by atoms with Gasteiger partial charge < -0.3 is 9.32 Å². The van der Waals surface area contributed by atoms with Gasteiger partial charge in [-0.3, -0.25) is 9.69 Å². The third-order valence-electron chi connectivity index (χ3n) is 6.31. The molecule has 1 atom stereocenters. The molecule has 4 aromatic rings. The van der Waals surface area contributed by atoms with Gasteiger partial charge in [-0.25, -0.2) is 4.39 Å². The number of carbonyl (C=O) groups is 1. The standard InChI is InChI=1S/C27H25FN2O2/c1-19-23-9-5-6-10-24(23)32-26(19)27(31)30-17-15-29(16-18-30)25(20-7-3-2-4-8-20)21-11-13-22(28)14-12-21/h2-14,25H,15-18H2,1H3/t25-/m0/s1. The maximum absolute atomic E-state index is 13.5. The van der Waals surface area contributed by atoms with Crippen molar-refractivity contribution in [2.24, 2.45) is 0 Å². The van der Waals surface area contributed by atoms with E-state index in [-0.39, 0.29) is 17.8 Å². The van der Waals surface area contributed by atoms with Gasteiger partial charge in [-0.05, 0) is 36.2 Å². The molecule has 5 rings (SSSR count). The summed E-state index contributed by atoms with van der Waals surface area (Å²) in [6.07, 6.45) is 0. The highest BCUT2D eigenvalue weighted by molar-refractivity contribution is 5.99. The number of carbonyl (C=O) groups excluding carboxylic acids is 1. The van der Waals surface area contributed by atoms with Crippen LogP contribution in [0.15, 0.2) is 83.3 Å². The fourth-order valence-corrected chi connectivity index (χ4v) is 4.60. The summed E-state index contributed by atoms with van der Waals surface area (Å²) in [4.78, 5) is 17.4. The highest BCUT2D eigenvalue weighted by atomic mass is 19.1. The van der Waals surface area contributed by atoms with Crippen LogP contribution in [0.2, 0.25) is 0 Å². The molecular formula is C27H25FN2O2. The van der Waals surface area contributed by atoms with E-state index in [4.69, 9.17) is 4.42 Å². The summed E-state index contributed by atoms with van der Waals surface area (Å²) in [6.45, 7) is 4.61. The van der Waals surface area contributed by atoms with Gasteiger partial charge in [0.2, 0.25) is 0 Å². The number of nitrogens with zero attached hydrogens (tertiary/aromatic N) is 2. The number of amides is 1. The Morgan fingerprint density at radius 3 is 2.16 bits per heavy atom. The lowest BCUT2D eigenvalue weighted by atomic mass is 9.96. The van der Waals surface area contributed by atoms with Gasteiger partial charge in [0.15, 0.2) is 5.76 Å². The lowest BCUT2D eigenvalue weighted by Crippen LogP contribution is -2.49. The summed E-state index contributed by atoms with van der Waals surface area (Å²) in [7, 11) is 0. The first kappa shape index (κ1) is 20.5. The zero-order chi connectivity index (χ0) is 22.1. The number of benzene rings is 3. The zero-order valence-electron chi connectivity index (χ0n) is 18.0. The number of para-hydroxylation sites is 1. The predicted octanol–water partition coefficient (Wildman–Crippen LogP) is 5.43. The first-order chi connectivity index (χ1) is 15.6. The summed E-state index contributed by atoms with van der Waals surface area (Å²) in [5.74, 6) is 0.131. The third-order valence-corrected chi connectivity index (χ3v) is 6.31. The fraction of sp³-hybridized carbons (Fsp3) is 0.222. The largest absolute Gasteiger partial charge is 0.451 e. The maximum atomic E-state index is 13.5. The maximum Gasteiger partial charge on any atom is 0.289 e. The van der Waals surface area contributed by atoms with Crippen molar-refractivity contribution in [1.82, 2.24) is 9.80 Å². The minimum absolute atomic E-state index is 0.0157. The lowest BCUT2D eigenvalue weighted by molar-refractivity contribution is 0.0569. The molecule has 5 heteroatoms. The molecule has 1 fully saturated rings. The normalized spacial score (nSPS) is 15.8. The van der Waals surface area contributed by atoms with Crippen LogP contribution in [0.3, 0.4) is 0 Å². The molecule has 1 amide bonds. The Kier molecular flexibility index (Phi) is 5.50. The predicted molar refractivity (Wildman–Crippen MR) is 123 cm³/mol. The van der Waals surface area contributed by atoms with Crippen molar-refractivity contribution in [2.45, 2.75) is 13.0 Å². The molecule has 0 saturated carbocycles. The fourth-order valence-electron chi connectivity index (χ4n) is 4.60. The van der Waals surface area contributed by atoms with E-state index in [2.05, 4.69) is 17.0 Å². The van der Waals surface area contributed by atoms with Crippen molar-refractivity contribution in [1.29, 1.82) is 0 Å². The van der Waals surface area contributed by atoms with Gasteiger partial charge in [-0.15, -0.1) is 0 Å². The summed E-state index contributed by atoms with van der Waals surface area (Å²) >= 11 is 0. The summed E-state index contributed by atoms with van der Waals surface area (Å²) in [5.41, 5.74) is 3.84. The van der Waals surface area contributed by atoms with Gasteiger partial charge in [0.25, 0.3) is 5.91 Å². The monoisotopic (exact) mass is 428 g/mol. The van der Waals surface area contributed by atoms with Crippen molar-refractivity contribution in [3.63, 3.8) is 0 Å². The smallest absolute Gasteiger partial charge is 0.289 e. The van der Waals surface area contributed by atoms with E-state index in [9.17, 15) is 9.18 Å². The van der Waals surface area contributed by atoms with Gasteiger partial charge in [0, 0.05) is 37.1 Å². The third kappa shape index (κ3) is 3.80. The highest BCUT2D eigenvalue weighted by Gasteiger charge is 2.30. The minimum Gasteiger partial charge on any atom is -0.451 e. The molecule has 0 unspecified atom stereocenters. The van der Waals surface area contributed by atoms with E-state index in [1.165, 1.54) is 12.1 Å². The minimum atomic E-state index is -0.239. The Bertz CT molecular complexity index is 1230. The summed E-state index contributed by atoms with van der Waals surface area (Å²) < 4.78 is 19.4. The van der Waals surface area contributed by atoms with Crippen LogP contribution in [0.5, 0.6) is 0 Å². The number of hydrogen-bond donors (Lipinski definition) is 0. The molecule has 0 spiro atoms. The molecule has 1 saturated heterocycles. The first-order valence-electron chi connectivity index (χ1n) is 10.9. The molecule has 0 aliphatic carbocycles. The van der Waals surface area contributed by atoms with Gasteiger partial charge in [0.1, 0.15) is 11.4 Å². The number of aryl methyl sites for hydroxylation is 1. The second-order valence-corrected chi connectivity index (χ2v) is 8.25. The van der Waals surface area contributed by atoms with Crippen LogP contribution < -0.4 is 0 Å². The average Bonchev–Trinajstić information content (AvgIpc) is 3.18. The quantitative estimate of drug-likeness (QED) is 0.435. The van der Waals surface area contributed by atoms with E-state index in [0.29, 0.717) is 18.8 Å². The van der Waals surface area contributed by atoms with Crippen LogP contribution in [-0.2, 0) is 0 Å². The molecule has 162 valence electrons. The molecule has 1 aromatic heterocycles.